The number of nitrogens with zero attached hydrogens (tertiary/aromatic N) is 1. The fraction of sp³-hybridized carbons (Fsp3) is 0.125. The van der Waals surface area contributed by atoms with E-state index in [4.69, 9.17) is 4.74 Å². The summed E-state index contributed by atoms with van der Waals surface area (Å²) >= 11 is 0. The molecule has 10 heteroatoms. The minimum atomic E-state index is -5.05. The highest BCUT2D eigenvalue weighted by atomic mass is 19.4. The summed E-state index contributed by atoms with van der Waals surface area (Å²) < 4.78 is 81.9. The van der Waals surface area contributed by atoms with E-state index in [1.165, 1.54) is 24.5 Å². The zero-order valence-corrected chi connectivity index (χ0v) is 12.6. The van der Waals surface area contributed by atoms with E-state index in [-0.39, 0.29) is 11.8 Å². The van der Waals surface area contributed by atoms with Crippen LogP contribution < -0.4 is 4.74 Å². The van der Waals surface area contributed by atoms with Crippen LogP contribution in [0.3, 0.4) is 0 Å². The minimum absolute atomic E-state index is 0.0577. The number of aromatic amines is 1. The smallest absolute Gasteiger partial charge is 0.416 e. The van der Waals surface area contributed by atoms with Gasteiger partial charge in [0.1, 0.15) is 5.75 Å². The number of fused-ring (bicyclic) bond motifs is 1. The van der Waals surface area contributed by atoms with E-state index in [1.54, 1.807) is 0 Å². The second-order valence-electron chi connectivity index (χ2n) is 5.27. The Morgan fingerprint density at radius 2 is 1.54 bits per heavy atom. The number of esters is 1. The molecule has 0 aliphatic rings. The number of hydrogen-bond acceptors (Lipinski definition) is 3. The van der Waals surface area contributed by atoms with Crippen LogP contribution in [0.2, 0.25) is 0 Å². The lowest BCUT2D eigenvalue weighted by atomic mass is 10.0. The average Bonchev–Trinajstić information content (AvgIpc) is 3.00. The van der Waals surface area contributed by atoms with Crippen molar-refractivity contribution in [2.45, 2.75) is 12.4 Å². The number of ether oxygens (including phenoxy) is 1. The van der Waals surface area contributed by atoms with Crippen LogP contribution in [0.4, 0.5) is 26.3 Å². The number of benzene rings is 2. The van der Waals surface area contributed by atoms with Crippen molar-refractivity contribution < 1.29 is 35.9 Å². The lowest BCUT2D eigenvalue weighted by Gasteiger charge is -2.13. The average molecular weight is 374 g/mol. The number of aromatic nitrogens is 2. The predicted molar refractivity (Wildman–Crippen MR) is 77.5 cm³/mol. The van der Waals surface area contributed by atoms with Gasteiger partial charge in [-0.1, -0.05) is 0 Å². The van der Waals surface area contributed by atoms with Crippen LogP contribution in [0.25, 0.3) is 11.0 Å². The standard InChI is InChI=1S/C16H8F6N2O2/c17-15(18,19)9-3-8(4-10(5-9)16(20,21)22)14(25)26-11-1-2-12-13(6-11)24-7-23-12/h1-7H,(H,23,24). The van der Waals surface area contributed by atoms with Crippen molar-refractivity contribution in [1.82, 2.24) is 9.97 Å². The topological polar surface area (TPSA) is 55.0 Å². The van der Waals surface area contributed by atoms with E-state index in [9.17, 15) is 31.1 Å². The van der Waals surface area contributed by atoms with Crippen molar-refractivity contribution >= 4 is 17.0 Å². The molecular weight excluding hydrogens is 366 g/mol. The molecule has 0 saturated carbocycles. The molecule has 1 N–H and O–H groups in total. The van der Waals surface area contributed by atoms with Crippen molar-refractivity contribution in [3.8, 4) is 5.75 Å². The van der Waals surface area contributed by atoms with Crippen LogP contribution >= 0.6 is 0 Å². The van der Waals surface area contributed by atoms with Gasteiger partial charge >= 0.3 is 18.3 Å². The van der Waals surface area contributed by atoms with Gasteiger partial charge in [-0.05, 0) is 30.3 Å². The first-order valence-electron chi connectivity index (χ1n) is 6.99. The zero-order chi connectivity index (χ0) is 19.1. The molecule has 4 nitrogen and oxygen atoms in total. The van der Waals surface area contributed by atoms with Crippen LogP contribution in [-0.4, -0.2) is 15.9 Å². The Morgan fingerprint density at radius 1 is 0.923 bits per heavy atom. The van der Waals surface area contributed by atoms with E-state index < -0.39 is 35.0 Å². The summed E-state index contributed by atoms with van der Waals surface area (Å²) in [7, 11) is 0. The number of H-pyrrole nitrogens is 1. The zero-order valence-electron chi connectivity index (χ0n) is 12.6. The molecular formula is C16H8F6N2O2. The maximum Gasteiger partial charge on any atom is 0.416 e. The van der Waals surface area contributed by atoms with Crippen molar-refractivity contribution in [1.29, 1.82) is 0 Å². The van der Waals surface area contributed by atoms with Gasteiger partial charge in [0.15, 0.2) is 0 Å². The van der Waals surface area contributed by atoms with Gasteiger partial charge in [0, 0.05) is 6.07 Å². The van der Waals surface area contributed by atoms with Gasteiger partial charge in [0.25, 0.3) is 0 Å². The summed E-state index contributed by atoms with van der Waals surface area (Å²) in [5, 5.41) is 0. The molecule has 0 unspecified atom stereocenters. The number of imidazole rings is 1. The number of halogens is 6. The molecule has 26 heavy (non-hydrogen) atoms. The first-order chi connectivity index (χ1) is 12.0. The molecule has 1 aromatic heterocycles. The van der Waals surface area contributed by atoms with Crippen molar-refractivity contribution in [2.75, 3.05) is 0 Å². The van der Waals surface area contributed by atoms with Crippen molar-refractivity contribution in [3.05, 3.63) is 59.4 Å². The quantitative estimate of drug-likeness (QED) is 0.398. The van der Waals surface area contributed by atoms with Gasteiger partial charge in [-0.25, -0.2) is 9.78 Å². The van der Waals surface area contributed by atoms with Gasteiger partial charge in [-0.15, -0.1) is 0 Å². The minimum Gasteiger partial charge on any atom is -0.423 e. The highest BCUT2D eigenvalue weighted by molar-refractivity contribution is 5.92. The van der Waals surface area contributed by atoms with Crippen LogP contribution in [0.5, 0.6) is 5.75 Å². The molecule has 1 heterocycles. The fourth-order valence-corrected chi connectivity index (χ4v) is 2.22. The summed E-state index contributed by atoms with van der Waals surface area (Å²) in [4.78, 5) is 18.7. The number of carbonyl (C=O) groups is 1. The molecule has 0 atom stereocenters. The first kappa shape index (κ1) is 17.8. The largest absolute Gasteiger partial charge is 0.423 e. The maximum absolute atomic E-state index is 12.8. The normalized spacial score (nSPS) is 12.4. The maximum atomic E-state index is 12.8. The number of hydrogen-bond donors (Lipinski definition) is 1. The molecule has 136 valence electrons. The molecule has 0 radical (unpaired) electrons. The van der Waals surface area contributed by atoms with Gasteiger partial charge in [-0.3, -0.25) is 0 Å². The summed E-state index contributed by atoms with van der Waals surface area (Å²) in [6, 6.07) is 4.70. The van der Waals surface area contributed by atoms with Crippen LogP contribution in [0.1, 0.15) is 21.5 Å². The van der Waals surface area contributed by atoms with E-state index in [0.717, 1.165) is 0 Å². The lowest BCUT2D eigenvalue weighted by Crippen LogP contribution is -2.15. The number of nitrogens with one attached hydrogen (secondary N) is 1. The predicted octanol–water partition coefficient (Wildman–Crippen LogP) is 4.82. The molecule has 0 saturated heterocycles. The molecule has 0 aliphatic carbocycles. The molecule has 3 rings (SSSR count). The summed E-state index contributed by atoms with van der Waals surface area (Å²) in [6.45, 7) is 0. The Morgan fingerprint density at radius 3 is 2.12 bits per heavy atom. The molecule has 0 spiro atoms. The summed E-state index contributed by atoms with van der Waals surface area (Å²) in [6.07, 6.45) is -8.73. The third-order valence-electron chi connectivity index (χ3n) is 3.43. The van der Waals surface area contributed by atoms with E-state index in [2.05, 4.69) is 9.97 Å². The molecule has 0 aliphatic heterocycles. The Kier molecular flexibility index (Phi) is 4.13. The van der Waals surface area contributed by atoms with Gasteiger partial charge in [0.05, 0.1) is 34.1 Å². The van der Waals surface area contributed by atoms with Gasteiger partial charge in [-0.2, -0.15) is 26.3 Å². The Balaban J connectivity index is 1.97. The Bertz CT molecular complexity index is 943. The molecule has 0 fully saturated rings. The first-order valence-corrected chi connectivity index (χ1v) is 6.99. The van der Waals surface area contributed by atoms with E-state index in [1.807, 2.05) is 0 Å². The highest BCUT2D eigenvalue weighted by Gasteiger charge is 2.37. The monoisotopic (exact) mass is 374 g/mol. The van der Waals surface area contributed by atoms with Crippen LogP contribution in [0.15, 0.2) is 42.7 Å². The molecule has 3 aromatic rings. The molecule has 0 amide bonds. The molecule has 0 bridgehead atoms. The second-order valence-corrected chi connectivity index (χ2v) is 5.27. The number of carbonyl (C=O) groups excluding carboxylic acids is 1. The number of alkyl halides is 6. The fourth-order valence-electron chi connectivity index (χ4n) is 2.22. The van der Waals surface area contributed by atoms with Gasteiger partial charge in [0.2, 0.25) is 0 Å². The van der Waals surface area contributed by atoms with E-state index >= 15 is 0 Å². The summed E-state index contributed by atoms with van der Waals surface area (Å²) in [5.41, 5.74) is -3.03. The SMILES string of the molecule is O=C(Oc1ccc2nc[nH]c2c1)c1cc(C(F)(F)F)cc(C(F)(F)F)c1. The van der Waals surface area contributed by atoms with Crippen LogP contribution in [-0.2, 0) is 12.4 Å². The van der Waals surface area contributed by atoms with Crippen molar-refractivity contribution in [2.24, 2.45) is 0 Å². The highest BCUT2D eigenvalue weighted by Crippen LogP contribution is 2.36. The third-order valence-corrected chi connectivity index (χ3v) is 3.43. The Hall–Kier alpha value is -3.04. The third kappa shape index (κ3) is 3.63. The van der Waals surface area contributed by atoms with E-state index in [0.29, 0.717) is 23.2 Å². The number of rotatable bonds is 2. The van der Waals surface area contributed by atoms with Crippen LogP contribution in [0, 0.1) is 0 Å². The Labute approximate surface area is 141 Å². The lowest BCUT2D eigenvalue weighted by molar-refractivity contribution is -0.143. The molecule has 2 aromatic carbocycles. The van der Waals surface area contributed by atoms with Crippen molar-refractivity contribution in [3.63, 3.8) is 0 Å². The second kappa shape index (κ2) is 6.04. The van der Waals surface area contributed by atoms with Gasteiger partial charge < -0.3 is 9.72 Å². The summed E-state index contributed by atoms with van der Waals surface area (Å²) in [5.74, 6) is -1.40.